The fourth-order valence-corrected chi connectivity index (χ4v) is 2.86. The van der Waals surface area contributed by atoms with Gasteiger partial charge in [0.15, 0.2) is 0 Å². The Hall–Kier alpha value is -1.88. The van der Waals surface area contributed by atoms with Crippen molar-refractivity contribution in [3.05, 3.63) is 48.5 Å². The van der Waals surface area contributed by atoms with E-state index in [1.807, 2.05) is 48.5 Å². The highest BCUT2D eigenvalue weighted by Crippen LogP contribution is 2.23. The third-order valence-corrected chi connectivity index (χ3v) is 4.55. The summed E-state index contributed by atoms with van der Waals surface area (Å²) < 4.78 is 10.9. The molecule has 2 aromatic carbocycles. The van der Waals surface area contributed by atoms with Crippen molar-refractivity contribution in [3.63, 3.8) is 0 Å². The van der Waals surface area contributed by atoms with E-state index in [-0.39, 0.29) is 0 Å². The number of ether oxygens (including phenoxy) is 2. The summed E-state index contributed by atoms with van der Waals surface area (Å²) in [4.78, 5) is 0. The van der Waals surface area contributed by atoms with Gasteiger partial charge in [-0.25, -0.2) is 0 Å². The predicted octanol–water partition coefficient (Wildman–Crippen LogP) is 7.22. The molecule has 0 saturated heterocycles. The van der Waals surface area contributed by atoms with Crippen LogP contribution in [0, 0.1) is 0 Å². The molecule has 0 aliphatic rings. The van der Waals surface area contributed by atoms with Gasteiger partial charge in [0.05, 0.1) is 25.1 Å². The normalized spacial score (nSPS) is 11.0. The van der Waals surface area contributed by atoms with Gasteiger partial charge < -0.3 is 9.47 Å². The molecule has 0 fully saturated rings. The number of rotatable bonds is 12. The highest BCUT2D eigenvalue weighted by atomic mass is 79.9. The minimum Gasteiger partial charge on any atom is -0.497 e. The van der Waals surface area contributed by atoms with Crippen LogP contribution in [0.15, 0.2) is 58.8 Å². The van der Waals surface area contributed by atoms with Crippen LogP contribution in [-0.4, -0.2) is 19.0 Å². The summed E-state index contributed by atoms with van der Waals surface area (Å²) in [6.07, 6.45) is 7.54. The fourth-order valence-electron chi connectivity index (χ4n) is 2.47. The summed E-state index contributed by atoms with van der Waals surface area (Å²) in [7, 11) is 1.65. The van der Waals surface area contributed by atoms with Crippen LogP contribution < -0.4 is 9.47 Å². The maximum atomic E-state index is 5.78. The Kier molecular flexibility index (Phi) is 9.80. The molecule has 0 aliphatic heterocycles. The van der Waals surface area contributed by atoms with Crippen molar-refractivity contribution in [3.8, 4) is 11.5 Å². The summed E-state index contributed by atoms with van der Waals surface area (Å²) in [5.41, 5.74) is 1.60. The number of alkyl halides is 1. The molecular formula is C21H27BrN2O2. The second-order valence-electron chi connectivity index (χ2n) is 6.05. The summed E-state index contributed by atoms with van der Waals surface area (Å²) >= 11 is 3.46. The number of benzene rings is 2. The summed E-state index contributed by atoms with van der Waals surface area (Å²) in [6.45, 7) is 0.769. The van der Waals surface area contributed by atoms with Crippen LogP contribution in [0.3, 0.4) is 0 Å². The van der Waals surface area contributed by atoms with Gasteiger partial charge in [-0.1, -0.05) is 41.6 Å². The Morgan fingerprint density at radius 1 is 0.692 bits per heavy atom. The molecule has 0 N–H and O–H groups in total. The summed E-state index contributed by atoms with van der Waals surface area (Å²) in [6, 6.07) is 15.2. The second kappa shape index (κ2) is 12.5. The molecule has 0 bridgehead atoms. The van der Waals surface area contributed by atoms with Gasteiger partial charge in [0.25, 0.3) is 0 Å². The van der Waals surface area contributed by atoms with E-state index in [1.165, 1.54) is 32.1 Å². The number of unbranched alkanes of at least 4 members (excludes halogenated alkanes) is 5. The van der Waals surface area contributed by atoms with Crippen LogP contribution in [0.25, 0.3) is 0 Å². The molecule has 0 amide bonds. The van der Waals surface area contributed by atoms with Crippen LogP contribution in [0.1, 0.15) is 38.5 Å². The minimum atomic E-state index is 0.769. The number of methoxy groups -OCH3 is 1. The predicted molar refractivity (Wildman–Crippen MR) is 111 cm³/mol. The van der Waals surface area contributed by atoms with Crippen molar-refractivity contribution in [2.75, 3.05) is 19.0 Å². The van der Waals surface area contributed by atoms with Crippen molar-refractivity contribution in [2.45, 2.75) is 38.5 Å². The lowest BCUT2D eigenvalue weighted by Gasteiger charge is -2.06. The standard InChI is InChI=1S/C21H27BrN2O2/c1-25-20-12-8-18(9-13-20)23-24-19-10-14-21(15-11-19)26-17-7-5-3-2-4-6-16-22/h8-15H,2-7,16-17H2,1H3. The molecule has 0 heterocycles. The van der Waals surface area contributed by atoms with E-state index in [0.717, 1.165) is 41.2 Å². The molecule has 0 unspecified atom stereocenters. The lowest BCUT2D eigenvalue weighted by Crippen LogP contribution is -1.96. The van der Waals surface area contributed by atoms with Crippen molar-refractivity contribution in [1.29, 1.82) is 0 Å². The van der Waals surface area contributed by atoms with Crippen LogP contribution in [0.2, 0.25) is 0 Å². The molecule has 2 aromatic rings. The van der Waals surface area contributed by atoms with Crippen LogP contribution in [0.4, 0.5) is 11.4 Å². The van der Waals surface area contributed by atoms with E-state index in [2.05, 4.69) is 26.2 Å². The third kappa shape index (κ3) is 8.00. The first-order valence-corrected chi connectivity index (χ1v) is 10.3. The third-order valence-electron chi connectivity index (χ3n) is 3.99. The quantitative estimate of drug-likeness (QED) is 0.207. The Morgan fingerprint density at radius 2 is 1.19 bits per heavy atom. The highest BCUT2D eigenvalue weighted by Gasteiger charge is 1.97. The first kappa shape index (κ1) is 20.4. The van der Waals surface area contributed by atoms with Gasteiger partial charge in [-0.05, 0) is 61.4 Å². The summed E-state index contributed by atoms with van der Waals surface area (Å²) in [5.74, 6) is 1.69. The van der Waals surface area contributed by atoms with E-state index in [0.29, 0.717) is 0 Å². The molecule has 26 heavy (non-hydrogen) atoms. The van der Waals surface area contributed by atoms with Gasteiger partial charge in [-0.15, -0.1) is 0 Å². The maximum Gasteiger partial charge on any atom is 0.119 e. The molecule has 0 aromatic heterocycles. The minimum absolute atomic E-state index is 0.769. The van der Waals surface area contributed by atoms with Gasteiger partial charge in [0.2, 0.25) is 0 Å². The van der Waals surface area contributed by atoms with Gasteiger partial charge in [-0.2, -0.15) is 10.2 Å². The summed E-state index contributed by atoms with van der Waals surface area (Å²) in [5, 5.41) is 9.58. The molecule has 5 heteroatoms. The number of hydrogen-bond acceptors (Lipinski definition) is 4. The molecular weight excluding hydrogens is 392 g/mol. The zero-order valence-electron chi connectivity index (χ0n) is 15.4. The molecule has 140 valence electrons. The first-order valence-electron chi connectivity index (χ1n) is 9.16. The van der Waals surface area contributed by atoms with Crippen molar-refractivity contribution >= 4 is 27.3 Å². The first-order chi connectivity index (χ1) is 12.8. The number of azo groups is 1. The lowest BCUT2D eigenvalue weighted by molar-refractivity contribution is 0.304. The Bertz CT molecular complexity index is 642. The van der Waals surface area contributed by atoms with Gasteiger partial charge in [0, 0.05) is 5.33 Å². The monoisotopic (exact) mass is 418 g/mol. The fraction of sp³-hybridized carbons (Fsp3) is 0.429. The topological polar surface area (TPSA) is 43.2 Å². The van der Waals surface area contributed by atoms with Gasteiger partial charge in [-0.3, -0.25) is 0 Å². The maximum absolute atomic E-state index is 5.78. The Morgan fingerprint density at radius 3 is 1.73 bits per heavy atom. The van der Waals surface area contributed by atoms with Gasteiger partial charge in [0.1, 0.15) is 11.5 Å². The van der Waals surface area contributed by atoms with Crippen LogP contribution >= 0.6 is 15.9 Å². The zero-order valence-corrected chi connectivity index (χ0v) is 17.0. The number of halogens is 1. The van der Waals surface area contributed by atoms with E-state index < -0.39 is 0 Å². The molecule has 0 saturated carbocycles. The van der Waals surface area contributed by atoms with Crippen molar-refractivity contribution in [2.24, 2.45) is 10.2 Å². The molecule has 0 aliphatic carbocycles. The van der Waals surface area contributed by atoms with E-state index >= 15 is 0 Å². The lowest BCUT2D eigenvalue weighted by atomic mass is 10.1. The average Bonchev–Trinajstić information content (AvgIpc) is 2.69. The van der Waals surface area contributed by atoms with E-state index in [9.17, 15) is 0 Å². The van der Waals surface area contributed by atoms with Crippen molar-refractivity contribution in [1.82, 2.24) is 0 Å². The van der Waals surface area contributed by atoms with E-state index in [1.54, 1.807) is 7.11 Å². The Labute approximate surface area is 164 Å². The number of hydrogen-bond donors (Lipinski definition) is 0. The molecule has 0 atom stereocenters. The van der Waals surface area contributed by atoms with E-state index in [4.69, 9.17) is 9.47 Å². The number of nitrogens with zero attached hydrogens (tertiary/aromatic N) is 2. The smallest absolute Gasteiger partial charge is 0.119 e. The van der Waals surface area contributed by atoms with Crippen LogP contribution in [0.5, 0.6) is 11.5 Å². The molecule has 0 radical (unpaired) electrons. The van der Waals surface area contributed by atoms with Crippen molar-refractivity contribution < 1.29 is 9.47 Å². The average molecular weight is 419 g/mol. The largest absolute Gasteiger partial charge is 0.497 e. The zero-order chi connectivity index (χ0) is 18.5. The molecule has 0 spiro atoms. The molecule has 4 nitrogen and oxygen atoms in total. The highest BCUT2D eigenvalue weighted by molar-refractivity contribution is 9.09. The second-order valence-corrected chi connectivity index (χ2v) is 6.84. The Balaban J connectivity index is 1.68. The molecule has 2 rings (SSSR count). The SMILES string of the molecule is COc1ccc(N=Nc2ccc(OCCCCCCCCBr)cc2)cc1. The van der Waals surface area contributed by atoms with Gasteiger partial charge >= 0.3 is 0 Å². The van der Waals surface area contributed by atoms with Crippen LogP contribution in [-0.2, 0) is 0 Å².